The molecule has 134 valence electrons. The van der Waals surface area contributed by atoms with Crippen molar-refractivity contribution < 1.29 is 14.6 Å². The molecule has 3 aliphatic rings. The summed E-state index contributed by atoms with van der Waals surface area (Å²) in [5.74, 6) is 2.18. The van der Waals surface area contributed by atoms with Gasteiger partial charge in [0.25, 0.3) is 0 Å². The van der Waals surface area contributed by atoms with E-state index in [4.69, 9.17) is 4.74 Å². The molecule has 3 nitrogen and oxygen atoms in total. The monoisotopic (exact) mass is 340 g/mol. The zero-order valence-corrected chi connectivity index (χ0v) is 15.5. The Balaban J connectivity index is 1.69. The molecular formula is C22H28O3. The van der Waals surface area contributed by atoms with Gasteiger partial charge in [-0.05, 0) is 91.9 Å². The second-order valence-electron chi connectivity index (χ2n) is 8.39. The van der Waals surface area contributed by atoms with E-state index in [0.717, 1.165) is 24.8 Å². The van der Waals surface area contributed by atoms with E-state index in [-0.39, 0.29) is 11.4 Å². The third kappa shape index (κ3) is 2.43. The van der Waals surface area contributed by atoms with Gasteiger partial charge in [0.05, 0.1) is 7.11 Å². The summed E-state index contributed by atoms with van der Waals surface area (Å²) in [5.41, 5.74) is 5.13. The number of benzene rings is 1. The van der Waals surface area contributed by atoms with Gasteiger partial charge in [-0.3, -0.25) is 0 Å². The Hall–Kier alpha value is -1.77. The van der Waals surface area contributed by atoms with Crippen LogP contribution in [0.3, 0.4) is 0 Å². The SMILES string of the molecule is COC(=O)/C(C)=C1/CC[C@H]2[C@@H]3CCc4cc(O)ccc4[C@H]3CC[C@]12C. The fourth-order valence-corrected chi connectivity index (χ4v) is 6.27. The number of fused-ring (bicyclic) bond motifs is 5. The van der Waals surface area contributed by atoms with Crippen molar-refractivity contribution in [2.75, 3.05) is 7.11 Å². The van der Waals surface area contributed by atoms with E-state index < -0.39 is 0 Å². The van der Waals surface area contributed by atoms with Gasteiger partial charge >= 0.3 is 5.97 Å². The largest absolute Gasteiger partial charge is 0.508 e. The van der Waals surface area contributed by atoms with Gasteiger partial charge in [-0.15, -0.1) is 0 Å². The molecule has 25 heavy (non-hydrogen) atoms. The molecule has 0 amide bonds. The van der Waals surface area contributed by atoms with Gasteiger partial charge in [0.15, 0.2) is 0 Å². The average molecular weight is 340 g/mol. The lowest BCUT2D eigenvalue weighted by Crippen LogP contribution is -2.40. The van der Waals surface area contributed by atoms with Crippen LogP contribution in [0, 0.1) is 17.3 Å². The zero-order chi connectivity index (χ0) is 17.8. The van der Waals surface area contributed by atoms with E-state index in [1.54, 1.807) is 0 Å². The van der Waals surface area contributed by atoms with E-state index in [0.29, 0.717) is 23.5 Å². The molecule has 4 rings (SSSR count). The Kier molecular flexibility index (Phi) is 3.93. The van der Waals surface area contributed by atoms with Gasteiger partial charge in [-0.2, -0.15) is 0 Å². The third-order valence-corrected chi connectivity index (χ3v) is 7.44. The molecule has 0 unspecified atom stereocenters. The van der Waals surface area contributed by atoms with Crippen LogP contribution in [0.2, 0.25) is 0 Å². The van der Waals surface area contributed by atoms with Gasteiger partial charge in [0, 0.05) is 5.57 Å². The zero-order valence-electron chi connectivity index (χ0n) is 15.5. The lowest BCUT2D eigenvalue weighted by molar-refractivity contribution is -0.136. The van der Waals surface area contributed by atoms with E-state index >= 15 is 0 Å². The molecule has 2 fully saturated rings. The Bertz CT molecular complexity index is 748. The highest BCUT2D eigenvalue weighted by atomic mass is 16.5. The highest BCUT2D eigenvalue weighted by Gasteiger charge is 2.53. The Morgan fingerprint density at radius 2 is 2.04 bits per heavy atom. The van der Waals surface area contributed by atoms with Crippen molar-refractivity contribution in [1.29, 1.82) is 0 Å². The topological polar surface area (TPSA) is 46.5 Å². The summed E-state index contributed by atoms with van der Waals surface area (Å²) in [6, 6.07) is 5.95. The molecule has 1 aromatic carbocycles. The summed E-state index contributed by atoms with van der Waals surface area (Å²) in [6.07, 6.45) is 6.80. The third-order valence-electron chi connectivity index (χ3n) is 7.44. The first-order valence-corrected chi connectivity index (χ1v) is 9.56. The van der Waals surface area contributed by atoms with Crippen molar-refractivity contribution in [2.45, 2.75) is 58.3 Å². The lowest BCUT2D eigenvalue weighted by atomic mass is 9.55. The molecular weight excluding hydrogens is 312 g/mol. The second kappa shape index (κ2) is 5.89. The van der Waals surface area contributed by atoms with E-state index in [9.17, 15) is 9.90 Å². The van der Waals surface area contributed by atoms with Crippen LogP contribution in [0.4, 0.5) is 0 Å². The molecule has 0 spiro atoms. The molecule has 3 heteroatoms. The lowest BCUT2D eigenvalue weighted by Gasteiger charge is -2.49. The molecule has 0 saturated heterocycles. The van der Waals surface area contributed by atoms with Crippen LogP contribution in [0.15, 0.2) is 29.3 Å². The number of phenolic OH excluding ortho intramolecular Hbond substituents is 1. The first kappa shape index (κ1) is 16.7. The number of carbonyl (C=O) groups is 1. The number of hydrogen-bond donors (Lipinski definition) is 1. The van der Waals surface area contributed by atoms with Crippen LogP contribution >= 0.6 is 0 Å². The molecule has 1 aromatic rings. The van der Waals surface area contributed by atoms with Crippen molar-refractivity contribution in [1.82, 2.24) is 0 Å². The maximum absolute atomic E-state index is 12.1. The number of ether oxygens (including phenoxy) is 1. The van der Waals surface area contributed by atoms with Gasteiger partial charge < -0.3 is 9.84 Å². The summed E-state index contributed by atoms with van der Waals surface area (Å²) in [7, 11) is 1.48. The number of rotatable bonds is 1. The first-order valence-electron chi connectivity index (χ1n) is 9.56. The molecule has 0 heterocycles. The standard InChI is InChI=1S/C22H28O3/c1-13(21(24)25-3)19-8-9-20-18-6-4-14-12-15(23)5-7-16(14)17(18)10-11-22(19,20)2/h5,7,12,17-18,20,23H,4,6,8-11H2,1-3H3/b19-13-/t17-,18-,20+,22-/m1/s1. The number of esters is 1. The van der Waals surface area contributed by atoms with Crippen LogP contribution in [0.1, 0.15) is 63.0 Å². The predicted molar refractivity (Wildman–Crippen MR) is 97.4 cm³/mol. The Labute approximate surface area is 150 Å². The van der Waals surface area contributed by atoms with Gasteiger partial charge in [0.1, 0.15) is 5.75 Å². The van der Waals surface area contributed by atoms with Crippen molar-refractivity contribution in [3.63, 3.8) is 0 Å². The van der Waals surface area contributed by atoms with Crippen LogP contribution in [-0.2, 0) is 16.0 Å². The van der Waals surface area contributed by atoms with Crippen molar-refractivity contribution in [3.05, 3.63) is 40.5 Å². The van der Waals surface area contributed by atoms with E-state index in [1.165, 1.54) is 43.1 Å². The minimum absolute atomic E-state index is 0.147. The highest BCUT2D eigenvalue weighted by Crippen LogP contribution is 2.63. The normalized spacial score (nSPS) is 35.4. The number of phenols is 1. The Morgan fingerprint density at radius 3 is 2.80 bits per heavy atom. The molecule has 0 bridgehead atoms. The van der Waals surface area contributed by atoms with Crippen molar-refractivity contribution >= 4 is 5.97 Å². The molecule has 1 N–H and O–H groups in total. The first-order chi connectivity index (χ1) is 12.0. The van der Waals surface area contributed by atoms with Crippen LogP contribution in [0.25, 0.3) is 0 Å². The van der Waals surface area contributed by atoms with E-state index in [2.05, 4.69) is 13.0 Å². The van der Waals surface area contributed by atoms with Crippen molar-refractivity contribution in [3.8, 4) is 5.75 Å². The summed E-state index contributed by atoms with van der Waals surface area (Å²) in [5, 5.41) is 9.80. The quantitative estimate of drug-likeness (QED) is 0.593. The number of hydrogen-bond acceptors (Lipinski definition) is 3. The second-order valence-corrected chi connectivity index (χ2v) is 8.39. The number of allylic oxidation sites excluding steroid dienone is 1. The average Bonchev–Trinajstić information content (AvgIpc) is 2.97. The highest BCUT2D eigenvalue weighted by molar-refractivity contribution is 5.89. The summed E-state index contributed by atoms with van der Waals surface area (Å²) < 4.78 is 4.99. The molecule has 4 atom stereocenters. The maximum atomic E-state index is 12.1. The molecule has 0 aromatic heterocycles. The van der Waals surface area contributed by atoms with Crippen molar-refractivity contribution in [2.24, 2.45) is 17.3 Å². The number of aromatic hydroxyl groups is 1. The summed E-state index contributed by atoms with van der Waals surface area (Å²) in [6.45, 7) is 4.33. The summed E-state index contributed by atoms with van der Waals surface area (Å²) >= 11 is 0. The molecule has 0 aliphatic heterocycles. The predicted octanol–water partition coefficient (Wildman–Crippen LogP) is 4.74. The smallest absolute Gasteiger partial charge is 0.333 e. The number of aryl methyl sites for hydroxylation is 1. The van der Waals surface area contributed by atoms with Gasteiger partial charge in [-0.25, -0.2) is 4.79 Å². The van der Waals surface area contributed by atoms with Crippen LogP contribution in [-0.4, -0.2) is 18.2 Å². The van der Waals surface area contributed by atoms with E-state index in [1.807, 2.05) is 19.1 Å². The number of carbonyl (C=O) groups excluding carboxylic acids is 1. The maximum Gasteiger partial charge on any atom is 0.333 e. The van der Waals surface area contributed by atoms with Gasteiger partial charge in [0.2, 0.25) is 0 Å². The van der Waals surface area contributed by atoms with Gasteiger partial charge in [-0.1, -0.05) is 18.6 Å². The minimum Gasteiger partial charge on any atom is -0.508 e. The number of methoxy groups -OCH3 is 1. The fourth-order valence-electron chi connectivity index (χ4n) is 6.27. The molecule has 2 saturated carbocycles. The molecule has 3 aliphatic carbocycles. The minimum atomic E-state index is -0.163. The summed E-state index contributed by atoms with van der Waals surface area (Å²) in [4.78, 5) is 12.1. The Morgan fingerprint density at radius 1 is 1.24 bits per heavy atom. The fraction of sp³-hybridized carbons (Fsp3) is 0.591. The van der Waals surface area contributed by atoms with Crippen LogP contribution in [0.5, 0.6) is 5.75 Å². The van der Waals surface area contributed by atoms with Crippen LogP contribution < -0.4 is 0 Å². The molecule has 0 radical (unpaired) electrons.